The topological polar surface area (TPSA) is 23.6 Å². The third-order valence-electron chi connectivity index (χ3n) is 4.43. The molecule has 1 aromatic heterocycles. The molecule has 5 heteroatoms. The molecule has 1 saturated heterocycles. The van der Waals surface area contributed by atoms with Crippen LogP contribution in [0.25, 0.3) is 0 Å². The van der Waals surface area contributed by atoms with Crippen molar-refractivity contribution in [3.8, 4) is 0 Å². The van der Waals surface area contributed by atoms with E-state index >= 15 is 0 Å². The molecule has 0 aromatic carbocycles. The first-order valence-electron chi connectivity index (χ1n) is 7.77. The van der Waals surface area contributed by atoms with Gasteiger partial charge in [0.05, 0.1) is 10.4 Å². The van der Waals surface area contributed by atoms with Crippen LogP contribution >= 0.6 is 22.9 Å². The lowest BCUT2D eigenvalue weighted by Crippen LogP contribution is -2.51. The average Bonchev–Trinajstić information content (AvgIpc) is 2.90. The van der Waals surface area contributed by atoms with E-state index in [0.717, 1.165) is 36.7 Å². The predicted octanol–water partition coefficient (Wildman–Crippen LogP) is 4.01. The molecule has 1 fully saturated rings. The molecule has 0 bridgehead atoms. The Labute approximate surface area is 136 Å². The van der Waals surface area contributed by atoms with Gasteiger partial charge in [-0.15, -0.1) is 11.3 Å². The Bertz CT molecular complexity index is 477. The molecule has 0 saturated carbocycles. The first kappa shape index (κ1) is 16.8. The van der Waals surface area contributed by atoms with Crippen LogP contribution in [-0.2, 0) is 11.3 Å². The minimum Gasteiger partial charge on any atom is -0.338 e. The second kappa shape index (κ2) is 7.61. The van der Waals surface area contributed by atoms with Gasteiger partial charge in [0.1, 0.15) is 0 Å². The number of carbonyl (C=O) groups is 1. The molecule has 2 unspecified atom stereocenters. The molecule has 2 heterocycles. The molecular weight excluding hydrogens is 304 g/mol. The van der Waals surface area contributed by atoms with Crippen molar-refractivity contribution in [1.82, 2.24) is 9.80 Å². The maximum Gasteiger partial charge on any atom is 0.239 e. The van der Waals surface area contributed by atoms with Crippen LogP contribution in [0.3, 0.4) is 0 Å². The average molecular weight is 329 g/mol. The number of hydrogen-bond acceptors (Lipinski definition) is 3. The monoisotopic (exact) mass is 328 g/mol. The molecule has 0 N–H and O–H groups in total. The van der Waals surface area contributed by atoms with E-state index in [1.54, 1.807) is 11.3 Å². The lowest BCUT2D eigenvalue weighted by Gasteiger charge is -2.38. The summed E-state index contributed by atoms with van der Waals surface area (Å²) in [5, 5.41) is 0. The molecule has 2 atom stereocenters. The van der Waals surface area contributed by atoms with Gasteiger partial charge in [-0.05, 0) is 51.8 Å². The lowest BCUT2D eigenvalue weighted by molar-refractivity contribution is -0.140. The number of piperidine rings is 1. The van der Waals surface area contributed by atoms with E-state index in [2.05, 4.69) is 16.7 Å². The van der Waals surface area contributed by atoms with Gasteiger partial charge in [0, 0.05) is 24.0 Å². The summed E-state index contributed by atoms with van der Waals surface area (Å²) in [4.78, 5) is 18.2. The van der Waals surface area contributed by atoms with Gasteiger partial charge in [0.25, 0.3) is 0 Å². The molecule has 1 aliphatic heterocycles. The first-order chi connectivity index (χ1) is 10.0. The molecule has 1 amide bonds. The van der Waals surface area contributed by atoms with Gasteiger partial charge in [0.15, 0.2) is 0 Å². The van der Waals surface area contributed by atoms with Crippen LogP contribution in [0.2, 0.25) is 4.34 Å². The Morgan fingerprint density at radius 3 is 2.90 bits per heavy atom. The normalized spacial score (nSPS) is 20.8. The third kappa shape index (κ3) is 4.21. The van der Waals surface area contributed by atoms with E-state index in [9.17, 15) is 4.79 Å². The van der Waals surface area contributed by atoms with Crippen molar-refractivity contribution in [3.05, 3.63) is 21.3 Å². The fourth-order valence-corrected chi connectivity index (χ4v) is 4.11. The molecule has 2 rings (SSSR count). The molecule has 1 aromatic rings. The fourth-order valence-electron chi connectivity index (χ4n) is 2.96. The van der Waals surface area contributed by atoms with E-state index in [-0.39, 0.29) is 11.9 Å². The molecule has 0 aliphatic carbocycles. The number of hydrogen-bond donors (Lipinski definition) is 0. The van der Waals surface area contributed by atoms with Crippen molar-refractivity contribution >= 4 is 28.8 Å². The number of nitrogens with zero attached hydrogens (tertiary/aromatic N) is 2. The van der Waals surface area contributed by atoms with Crippen LogP contribution < -0.4 is 0 Å². The van der Waals surface area contributed by atoms with E-state index in [4.69, 9.17) is 11.6 Å². The summed E-state index contributed by atoms with van der Waals surface area (Å²) in [5.74, 6) is 0.270. The highest BCUT2D eigenvalue weighted by atomic mass is 35.5. The number of likely N-dealkylation sites (N-methyl/N-ethyl adjacent to an activating group) is 1. The number of carbonyl (C=O) groups excluding carboxylic acids is 1. The zero-order chi connectivity index (χ0) is 15.4. The highest BCUT2D eigenvalue weighted by molar-refractivity contribution is 7.16. The number of halogens is 1. The van der Waals surface area contributed by atoms with Crippen molar-refractivity contribution in [2.45, 2.75) is 58.2 Å². The fraction of sp³-hybridized carbons (Fsp3) is 0.688. The van der Waals surface area contributed by atoms with Gasteiger partial charge in [0.2, 0.25) is 5.91 Å². The van der Waals surface area contributed by atoms with Crippen LogP contribution in [0.1, 0.15) is 44.4 Å². The summed E-state index contributed by atoms with van der Waals surface area (Å²) < 4.78 is 0.805. The summed E-state index contributed by atoms with van der Waals surface area (Å²) in [6.45, 7) is 5.88. The first-order valence-corrected chi connectivity index (χ1v) is 8.97. The minimum absolute atomic E-state index is 0.0852. The summed E-state index contributed by atoms with van der Waals surface area (Å²) in [6, 6.07) is 4.30. The second-order valence-electron chi connectivity index (χ2n) is 5.89. The van der Waals surface area contributed by atoms with Crippen molar-refractivity contribution in [2.75, 3.05) is 13.6 Å². The number of thiophene rings is 1. The van der Waals surface area contributed by atoms with E-state index in [0.29, 0.717) is 6.04 Å². The van der Waals surface area contributed by atoms with Crippen LogP contribution in [0.15, 0.2) is 12.1 Å². The largest absolute Gasteiger partial charge is 0.338 e. The summed E-state index contributed by atoms with van der Waals surface area (Å²) in [5.41, 5.74) is 0. The quantitative estimate of drug-likeness (QED) is 0.815. The number of rotatable bonds is 5. The molecule has 1 aliphatic rings. The standard InChI is InChI=1S/C16H25ClN2OS/c1-4-13-7-5-6-10-19(13)16(20)12(2)18(3)11-14-8-9-15(17)21-14/h8-9,12-13H,4-7,10-11H2,1-3H3. The van der Waals surface area contributed by atoms with Gasteiger partial charge < -0.3 is 4.90 Å². The van der Waals surface area contributed by atoms with E-state index in [1.807, 2.05) is 26.1 Å². The Kier molecular flexibility index (Phi) is 6.08. The third-order valence-corrected chi connectivity index (χ3v) is 5.65. The minimum atomic E-state index is -0.0852. The number of likely N-dealkylation sites (tertiary alicyclic amines) is 1. The highest BCUT2D eigenvalue weighted by Crippen LogP contribution is 2.24. The van der Waals surface area contributed by atoms with Crippen LogP contribution in [0.5, 0.6) is 0 Å². The van der Waals surface area contributed by atoms with Gasteiger partial charge >= 0.3 is 0 Å². The van der Waals surface area contributed by atoms with Crippen LogP contribution in [-0.4, -0.2) is 41.4 Å². The van der Waals surface area contributed by atoms with Gasteiger partial charge in [-0.2, -0.15) is 0 Å². The van der Waals surface area contributed by atoms with Gasteiger partial charge in [-0.25, -0.2) is 0 Å². The van der Waals surface area contributed by atoms with E-state index < -0.39 is 0 Å². The SMILES string of the molecule is CCC1CCCCN1C(=O)C(C)N(C)Cc1ccc(Cl)s1. The summed E-state index contributed by atoms with van der Waals surface area (Å²) in [6.07, 6.45) is 4.60. The Balaban J connectivity index is 1.97. The predicted molar refractivity (Wildman–Crippen MR) is 89.9 cm³/mol. The zero-order valence-corrected chi connectivity index (χ0v) is 14.7. The number of amides is 1. The lowest BCUT2D eigenvalue weighted by atomic mass is 9.99. The second-order valence-corrected chi connectivity index (χ2v) is 7.69. The molecular formula is C16H25ClN2OS. The van der Waals surface area contributed by atoms with Crippen LogP contribution in [0.4, 0.5) is 0 Å². The van der Waals surface area contributed by atoms with Crippen molar-refractivity contribution in [2.24, 2.45) is 0 Å². The maximum atomic E-state index is 12.8. The Morgan fingerprint density at radius 1 is 1.52 bits per heavy atom. The Morgan fingerprint density at radius 2 is 2.29 bits per heavy atom. The van der Waals surface area contributed by atoms with Crippen molar-refractivity contribution in [3.63, 3.8) is 0 Å². The summed E-state index contributed by atoms with van der Waals surface area (Å²) in [7, 11) is 2.01. The van der Waals surface area contributed by atoms with Gasteiger partial charge in [-0.1, -0.05) is 18.5 Å². The molecule has 0 radical (unpaired) electrons. The van der Waals surface area contributed by atoms with Crippen LogP contribution in [0, 0.1) is 0 Å². The van der Waals surface area contributed by atoms with Crippen molar-refractivity contribution < 1.29 is 4.79 Å². The van der Waals surface area contributed by atoms with E-state index in [1.165, 1.54) is 11.3 Å². The maximum absolute atomic E-state index is 12.8. The molecule has 21 heavy (non-hydrogen) atoms. The molecule has 118 valence electrons. The smallest absolute Gasteiger partial charge is 0.239 e. The molecule has 3 nitrogen and oxygen atoms in total. The summed E-state index contributed by atoms with van der Waals surface area (Å²) >= 11 is 7.56. The highest BCUT2D eigenvalue weighted by Gasteiger charge is 2.30. The van der Waals surface area contributed by atoms with Gasteiger partial charge in [-0.3, -0.25) is 9.69 Å². The molecule has 0 spiro atoms. The van der Waals surface area contributed by atoms with Crippen molar-refractivity contribution in [1.29, 1.82) is 0 Å². The Hall–Kier alpha value is -0.580. The zero-order valence-electron chi connectivity index (χ0n) is 13.1.